The first-order valence-electron chi connectivity index (χ1n) is 7.79. The van der Waals surface area contributed by atoms with Crippen LogP contribution < -0.4 is 5.32 Å². The average Bonchev–Trinajstić information content (AvgIpc) is 3.24. The Bertz CT molecular complexity index is 566. The Kier molecular flexibility index (Phi) is 5.55. The van der Waals surface area contributed by atoms with Crippen LogP contribution in [0.4, 0.5) is 4.79 Å². The fourth-order valence-corrected chi connectivity index (χ4v) is 4.22. The molecule has 0 aliphatic carbocycles. The summed E-state index contributed by atoms with van der Waals surface area (Å²) >= 11 is 5.01. The Hall–Kier alpha value is -1.12. The normalized spacial score (nSPS) is 21.5. The van der Waals surface area contributed by atoms with Crippen LogP contribution >= 0.6 is 27.3 Å². The van der Waals surface area contributed by atoms with Crippen molar-refractivity contribution in [3.63, 3.8) is 0 Å². The van der Waals surface area contributed by atoms with E-state index >= 15 is 0 Å². The Morgan fingerprint density at radius 3 is 2.65 bits per heavy atom. The minimum absolute atomic E-state index is 0.0706. The molecule has 2 fully saturated rings. The number of thiophene rings is 1. The molecule has 2 saturated heterocycles. The van der Waals surface area contributed by atoms with Crippen molar-refractivity contribution in [2.45, 2.75) is 25.5 Å². The number of piperazine rings is 1. The van der Waals surface area contributed by atoms with Crippen LogP contribution in [0.2, 0.25) is 0 Å². The van der Waals surface area contributed by atoms with E-state index < -0.39 is 0 Å². The molecule has 0 radical (unpaired) electrons. The lowest BCUT2D eigenvalue weighted by atomic mass is 10.2. The van der Waals surface area contributed by atoms with Gasteiger partial charge in [0.25, 0.3) is 5.91 Å². The fourth-order valence-electron chi connectivity index (χ4n) is 2.83. The van der Waals surface area contributed by atoms with E-state index in [9.17, 15) is 9.59 Å². The van der Waals surface area contributed by atoms with Gasteiger partial charge < -0.3 is 19.9 Å². The first kappa shape index (κ1) is 16.7. The van der Waals surface area contributed by atoms with Crippen LogP contribution in [0.15, 0.2) is 15.9 Å². The highest BCUT2D eigenvalue weighted by Crippen LogP contribution is 2.19. The summed E-state index contributed by atoms with van der Waals surface area (Å²) in [6.45, 7) is 3.51. The quantitative estimate of drug-likeness (QED) is 0.842. The van der Waals surface area contributed by atoms with Crippen molar-refractivity contribution < 1.29 is 14.3 Å². The molecule has 0 aromatic carbocycles. The number of rotatable bonds is 3. The number of nitrogens with zero attached hydrogens (tertiary/aromatic N) is 2. The lowest BCUT2D eigenvalue weighted by Gasteiger charge is -2.35. The van der Waals surface area contributed by atoms with E-state index in [1.807, 2.05) is 16.3 Å². The third-order valence-corrected chi connectivity index (χ3v) is 5.82. The molecule has 3 heterocycles. The maximum atomic E-state index is 12.3. The van der Waals surface area contributed by atoms with Gasteiger partial charge in [-0.05, 0) is 34.8 Å². The lowest BCUT2D eigenvalue weighted by Crippen LogP contribution is -2.54. The molecule has 0 unspecified atom stereocenters. The minimum Gasteiger partial charge on any atom is -0.368 e. The number of halogens is 1. The van der Waals surface area contributed by atoms with Crippen molar-refractivity contribution in [2.24, 2.45) is 0 Å². The van der Waals surface area contributed by atoms with Gasteiger partial charge in [-0.2, -0.15) is 0 Å². The smallest absolute Gasteiger partial charge is 0.317 e. The maximum absolute atomic E-state index is 12.3. The Morgan fingerprint density at radius 1 is 1.30 bits per heavy atom. The number of carbonyl (C=O) groups excluding carboxylic acids is 2. The molecule has 2 aliphatic rings. The van der Waals surface area contributed by atoms with Crippen molar-refractivity contribution in [1.29, 1.82) is 0 Å². The van der Waals surface area contributed by atoms with E-state index in [1.54, 1.807) is 16.2 Å². The number of carbonyl (C=O) groups is 2. The van der Waals surface area contributed by atoms with Crippen LogP contribution in [0.3, 0.4) is 0 Å². The molecule has 0 spiro atoms. The summed E-state index contributed by atoms with van der Waals surface area (Å²) in [5.74, 6) is 0.0750. The second-order valence-corrected chi connectivity index (χ2v) is 7.62. The first-order valence-corrected chi connectivity index (χ1v) is 9.47. The molecule has 1 aromatic heterocycles. The molecule has 126 valence electrons. The number of urea groups is 1. The van der Waals surface area contributed by atoms with Gasteiger partial charge >= 0.3 is 6.03 Å². The SMILES string of the molecule is O=C(NCc1cc(Br)cs1)N1CCN(C(=O)[C@@H]2CCCO2)CC1. The predicted octanol–water partition coefficient (Wildman–Crippen LogP) is 2.04. The second-order valence-electron chi connectivity index (χ2n) is 5.70. The zero-order chi connectivity index (χ0) is 16.2. The Balaban J connectivity index is 1.42. The molecule has 3 rings (SSSR count). The molecule has 1 aromatic rings. The predicted molar refractivity (Wildman–Crippen MR) is 91.4 cm³/mol. The molecule has 23 heavy (non-hydrogen) atoms. The van der Waals surface area contributed by atoms with Crippen molar-refractivity contribution in [2.75, 3.05) is 32.8 Å². The van der Waals surface area contributed by atoms with Crippen molar-refractivity contribution >= 4 is 39.2 Å². The molecule has 0 bridgehead atoms. The monoisotopic (exact) mass is 401 g/mol. The number of amides is 3. The highest BCUT2D eigenvalue weighted by molar-refractivity contribution is 9.10. The summed E-state index contributed by atoms with van der Waals surface area (Å²) in [7, 11) is 0. The molecule has 8 heteroatoms. The highest BCUT2D eigenvalue weighted by Gasteiger charge is 2.31. The third-order valence-electron chi connectivity index (χ3n) is 4.12. The van der Waals surface area contributed by atoms with Crippen LogP contribution in [0.1, 0.15) is 17.7 Å². The van der Waals surface area contributed by atoms with Gasteiger partial charge in [0, 0.05) is 47.5 Å². The van der Waals surface area contributed by atoms with Crippen molar-refractivity contribution in [1.82, 2.24) is 15.1 Å². The number of ether oxygens (including phenoxy) is 1. The van der Waals surface area contributed by atoms with Crippen LogP contribution in [-0.2, 0) is 16.1 Å². The summed E-state index contributed by atoms with van der Waals surface area (Å²) in [5, 5.41) is 4.93. The molecule has 0 saturated carbocycles. The fraction of sp³-hybridized carbons (Fsp3) is 0.600. The first-order chi connectivity index (χ1) is 11.1. The van der Waals surface area contributed by atoms with Crippen LogP contribution in [0.5, 0.6) is 0 Å². The van der Waals surface area contributed by atoms with E-state index in [0.717, 1.165) is 22.2 Å². The zero-order valence-electron chi connectivity index (χ0n) is 12.8. The van der Waals surface area contributed by atoms with Gasteiger partial charge in [-0.25, -0.2) is 4.79 Å². The summed E-state index contributed by atoms with van der Waals surface area (Å²) in [4.78, 5) is 29.1. The minimum atomic E-state index is -0.271. The highest BCUT2D eigenvalue weighted by atomic mass is 79.9. The summed E-state index contributed by atoms with van der Waals surface area (Å²) in [6, 6.07) is 1.93. The van der Waals surface area contributed by atoms with E-state index in [2.05, 4.69) is 21.2 Å². The molecule has 2 aliphatic heterocycles. The second kappa shape index (κ2) is 7.63. The van der Waals surface area contributed by atoms with Crippen LogP contribution in [-0.4, -0.2) is 60.6 Å². The topological polar surface area (TPSA) is 61.9 Å². The summed E-state index contributed by atoms with van der Waals surface area (Å²) in [6.07, 6.45) is 1.50. The van der Waals surface area contributed by atoms with Crippen molar-refractivity contribution in [3.05, 3.63) is 20.8 Å². The van der Waals surface area contributed by atoms with Gasteiger partial charge in [-0.1, -0.05) is 0 Å². The van der Waals surface area contributed by atoms with E-state index in [0.29, 0.717) is 39.3 Å². The van der Waals surface area contributed by atoms with Gasteiger partial charge in [0.1, 0.15) is 6.10 Å². The number of nitrogens with one attached hydrogen (secondary N) is 1. The zero-order valence-corrected chi connectivity index (χ0v) is 15.2. The number of hydrogen-bond donors (Lipinski definition) is 1. The van der Waals surface area contributed by atoms with E-state index in [-0.39, 0.29) is 18.0 Å². The molecule has 1 atom stereocenters. The lowest BCUT2D eigenvalue weighted by molar-refractivity contribution is -0.142. The standard InChI is InChI=1S/C15H20BrN3O3S/c16-11-8-12(23-10-11)9-17-15(21)19-5-3-18(4-6-19)14(20)13-2-1-7-22-13/h8,10,13H,1-7,9H2,(H,17,21)/t13-/m0/s1. The van der Waals surface area contributed by atoms with E-state index in [4.69, 9.17) is 4.74 Å². The molecule has 1 N–H and O–H groups in total. The Morgan fingerprint density at radius 2 is 2.04 bits per heavy atom. The van der Waals surface area contributed by atoms with Gasteiger partial charge in [0.05, 0.1) is 6.54 Å². The number of hydrogen-bond acceptors (Lipinski definition) is 4. The average molecular weight is 402 g/mol. The summed E-state index contributed by atoms with van der Waals surface area (Å²) < 4.78 is 6.48. The molecular formula is C15H20BrN3O3S. The molecular weight excluding hydrogens is 382 g/mol. The maximum Gasteiger partial charge on any atom is 0.317 e. The van der Waals surface area contributed by atoms with E-state index in [1.165, 1.54) is 0 Å². The third kappa shape index (κ3) is 4.24. The largest absolute Gasteiger partial charge is 0.368 e. The van der Waals surface area contributed by atoms with Gasteiger partial charge in [0.2, 0.25) is 0 Å². The van der Waals surface area contributed by atoms with Crippen LogP contribution in [0.25, 0.3) is 0 Å². The Labute approximate surface area is 147 Å². The molecule has 3 amide bonds. The summed E-state index contributed by atoms with van der Waals surface area (Å²) in [5.41, 5.74) is 0. The van der Waals surface area contributed by atoms with Crippen molar-refractivity contribution in [3.8, 4) is 0 Å². The van der Waals surface area contributed by atoms with Gasteiger partial charge in [-0.3, -0.25) is 4.79 Å². The van der Waals surface area contributed by atoms with Gasteiger partial charge in [-0.15, -0.1) is 11.3 Å². The van der Waals surface area contributed by atoms with Gasteiger partial charge in [0.15, 0.2) is 0 Å². The molecule has 6 nitrogen and oxygen atoms in total. The van der Waals surface area contributed by atoms with Crippen LogP contribution in [0, 0.1) is 0 Å².